The molecule has 0 aromatic heterocycles. The van der Waals surface area contributed by atoms with Gasteiger partial charge in [-0.1, -0.05) is 37.3 Å². The maximum absolute atomic E-state index is 12.0. The molecule has 5 heteroatoms. The third-order valence-electron chi connectivity index (χ3n) is 6.46. The number of benzene rings is 3. The summed E-state index contributed by atoms with van der Waals surface area (Å²) in [5.41, 5.74) is 3.72. The molecule has 5 nitrogen and oxygen atoms in total. The Kier molecular flexibility index (Phi) is 5.60. The van der Waals surface area contributed by atoms with Crippen LogP contribution in [0.15, 0.2) is 72.8 Å². The van der Waals surface area contributed by atoms with Crippen molar-refractivity contribution >= 4 is 11.1 Å². The predicted molar refractivity (Wildman–Crippen MR) is 129 cm³/mol. The van der Waals surface area contributed by atoms with Crippen LogP contribution in [0.25, 0.3) is 11.1 Å². The number of phenolic OH excluding ortho intramolecular Hbond substituents is 1. The van der Waals surface area contributed by atoms with E-state index in [9.17, 15) is 10.2 Å². The Bertz CT molecular complexity index is 1180. The molecule has 0 saturated carbocycles. The Morgan fingerprint density at radius 2 is 1.79 bits per heavy atom. The number of hydrogen-bond acceptors (Lipinski definition) is 5. The average molecular weight is 444 g/mol. The molecule has 0 amide bonds. The maximum Gasteiger partial charge on any atom is 0.262 e. The van der Waals surface area contributed by atoms with Crippen molar-refractivity contribution in [2.24, 2.45) is 5.92 Å². The van der Waals surface area contributed by atoms with Gasteiger partial charge in [0.05, 0.1) is 0 Å². The minimum Gasteiger partial charge on any atom is -0.508 e. The van der Waals surface area contributed by atoms with E-state index >= 15 is 0 Å². The van der Waals surface area contributed by atoms with Gasteiger partial charge in [0.15, 0.2) is 0 Å². The molecule has 0 aliphatic carbocycles. The number of hydrogen-bond donors (Lipinski definition) is 2. The van der Waals surface area contributed by atoms with Crippen LogP contribution in [-0.2, 0) is 5.79 Å². The zero-order valence-electron chi connectivity index (χ0n) is 19.0. The summed E-state index contributed by atoms with van der Waals surface area (Å²) in [4.78, 5) is 2.38. The first kappa shape index (κ1) is 21.6. The lowest BCUT2D eigenvalue weighted by molar-refractivity contribution is -0.0929. The van der Waals surface area contributed by atoms with E-state index in [0.717, 1.165) is 42.4 Å². The van der Waals surface area contributed by atoms with Crippen molar-refractivity contribution in [3.63, 3.8) is 0 Å². The highest BCUT2D eigenvalue weighted by atomic mass is 16.6. The van der Waals surface area contributed by atoms with Crippen LogP contribution >= 0.6 is 0 Å². The van der Waals surface area contributed by atoms with Crippen LogP contribution in [0.4, 0.5) is 0 Å². The second-order valence-electron chi connectivity index (χ2n) is 9.03. The van der Waals surface area contributed by atoms with E-state index in [4.69, 9.17) is 9.47 Å². The summed E-state index contributed by atoms with van der Waals surface area (Å²) in [6, 6.07) is 22.0. The van der Waals surface area contributed by atoms with Crippen molar-refractivity contribution in [2.45, 2.75) is 19.6 Å². The molecule has 1 fully saturated rings. The minimum atomic E-state index is -1.71. The van der Waals surface area contributed by atoms with Crippen LogP contribution in [0, 0.1) is 5.92 Å². The largest absolute Gasteiger partial charge is 0.508 e. The molecule has 2 heterocycles. The van der Waals surface area contributed by atoms with E-state index in [1.165, 1.54) is 0 Å². The number of ether oxygens (including phenoxy) is 2. The Balaban J connectivity index is 1.46. The Morgan fingerprint density at radius 1 is 1.03 bits per heavy atom. The van der Waals surface area contributed by atoms with Crippen LogP contribution in [0.1, 0.15) is 30.5 Å². The van der Waals surface area contributed by atoms with Gasteiger partial charge in [-0.3, -0.25) is 4.90 Å². The topological polar surface area (TPSA) is 62.2 Å². The van der Waals surface area contributed by atoms with Gasteiger partial charge in [0.25, 0.3) is 5.79 Å². The average Bonchev–Trinajstić information content (AvgIpc) is 2.78. The zero-order valence-corrected chi connectivity index (χ0v) is 19.0. The molecule has 2 aliphatic heterocycles. The molecule has 0 bridgehead atoms. The number of allylic oxidation sites excluding steroid dienone is 1. The number of aromatic hydroxyl groups is 1. The van der Waals surface area contributed by atoms with Gasteiger partial charge < -0.3 is 19.7 Å². The van der Waals surface area contributed by atoms with Gasteiger partial charge in [0, 0.05) is 36.3 Å². The molecule has 2 N–H and O–H groups in total. The quantitative estimate of drug-likeness (QED) is 0.568. The SMILES string of the molecule is CC1=C(c2cccc(O)c2)C(O)(c2ccc(OCCN3CC(C)C3)cc2)Oc2ccccc21. The summed E-state index contributed by atoms with van der Waals surface area (Å²) in [7, 11) is 0. The van der Waals surface area contributed by atoms with Gasteiger partial charge >= 0.3 is 0 Å². The number of para-hydroxylation sites is 1. The van der Waals surface area contributed by atoms with Crippen LogP contribution in [0.3, 0.4) is 0 Å². The van der Waals surface area contributed by atoms with E-state index in [1.54, 1.807) is 18.2 Å². The van der Waals surface area contributed by atoms with Crippen LogP contribution in [-0.4, -0.2) is 41.4 Å². The third kappa shape index (κ3) is 4.10. The Hall–Kier alpha value is -3.28. The lowest BCUT2D eigenvalue weighted by Gasteiger charge is -2.38. The van der Waals surface area contributed by atoms with E-state index < -0.39 is 5.79 Å². The summed E-state index contributed by atoms with van der Waals surface area (Å²) in [5, 5.41) is 22.1. The van der Waals surface area contributed by atoms with E-state index in [2.05, 4.69) is 11.8 Å². The number of aliphatic hydroxyl groups is 1. The first-order chi connectivity index (χ1) is 15.9. The maximum atomic E-state index is 12.0. The predicted octanol–water partition coefficient (Wildman–Crippen LogP) is 4.89. The monoisotopic (exact) mass is 443 g/mol. The van der Waals surface area contributed by atoms with Gasteiger partial charge in [0.1, 0.15) is 23.9 Å². The lowest BCUT2D eigenvalue weighted by atomic mass is 9.83. The van der Waals surface area contributed by atoms with Crippen molar-refractivity contribution < 1.29 is 19.7 Å². The fourth-order valence-electron chi connectivity index (χ4n) is 4.82. The summed E-state index contributed by atoms with van der Waals surface area (Å²) < 4.78 is 12.2. The first-order valence-corrected chi connectivity index (χ1v) is 11.4. The molecule has 1 unspecified atom stereocenters. The molecule has 2 aliphatic rings. The molecule has 0 spiro atoms. The molecular formula is C28H29NO4. The van der Waals surface area contributed by atoms with Crippen molar-refractivity contribution in [2.75, 3.05) is 26.2 Å². The molecule has 3 aromatic rings. The Morgan fingerprint density at radius 3 is 2.52 bits per heavy atom. The molecule has 33 heavy (non-hydrogen) atoms. The van der Waals surface area contributed by atoms with Crippen molar-refractivity contribution in [1.29, 1.82) is 0 Å². The van der Waals surface area contributed by atoms with E-state index in [1.807, 2.05) is 61.5 Å². The van der Waals surface area contributed by atoms with Gasteiger partial charge in [-0.2, -0.15) is 0 Å². The van der Waals surface area contributed by atoms with Crippen molar-refractivity contribution in [1.82, 2.24) is 4.90 Å². The van der Waals surface area contributed by atoms with E-state index in [-0.39, 0.29) is 5.75 Å². The second kappa shape index (κ2) is 8.58. The van der Waals surface area contributed by atoms with Gasteiger partial charge in [-0.15, -0.1) is 0 Å². The Labute approximate surface area is 194 Å². The molecular weight excluding hydrogens is 414 g/mol. The number of rotatable bonds is 6. The number of phenols is 1. The first-order valence-electron chi connectivity index (χ1n) is 11.4. The second-order valence-corrected chi connectivity index (χ2v) is 9.03. The van der Waals surface area contributed by atoms with E-state index in [0.29, 0.717) is 29.1 Å². The van der Waals surface area contributed by atoms with Crippen molar-refractivity contribution in [3.8, 4) is 17.2 Å². The minimum absolute atomic E-state index is 0.134. The van der Waals surface area contributed by atoms with Crippen LogP contribution < -0.4 is 9.47 Å². The molecule has 3 aromatic carbocycles. The van der Waals surface area contributed by atoms with Gasteiger partial charge in [-0.25, -0.2) is 0 Å². The van der Waals surface area contributed by atoms with Crippen molar-refractivity contribution in [3.05, 3.63) is 89.5 Å². The number of nitrogens with zero attached hydrogens (tertiary/aromatic N) is 1. The summed E-state index contributed by atoms with van der Waals surface area (Å²) in [6.45, 7) is 8.05. The fraction of sp³-hybridized carbons (Fsp3) is 0.286. The van der Waals surface area contributed by atoms with Crippen LogP contribution in [0.2, 0.25) is 0 Å². The fourth-order valence-corrected chi connectivity index (χ4v) is 4.82. The highest BCUT2D eigenvalue weighted by molar-refractivity contribution is 5.96. The highest BCUT2D eigenvalue weighted by Gasteiger charge is 2.42. The van der Waals surface area contributed by atoms with Gasteiger partial charge in [-0.05, 0) is 66.4 Å². The van der Waals surface area contributed by atoms with Crippen LogP contribution in [0.5, 0.6) is 17.2 Å². The van der Waals surface area contributed by atoms with Gasteiger partial charge in [0.2, 0.25) is 0 Å². The molecule has 5 rings (SSSR count). The smallest absolute Gasteiger partial charge is 0.262 e. The zero-order chi connectivity index (χ0) is 23.0. The number of likely N-dealkylation sites (tertiary alicyclic amines) is 1. The summed E-state index contributed by atoms with van der Waals surface area (Å²) in [6.07, 6.45) is 0. The number of fused-ring (bicyclic) bond motifs is 1. The molecule has 1 saturated heterocycles. The lowest BCUT2D eigenvalue weighted by Crippen LogP contribution is -2.46. The molecule has 170 valence electrons. The standard InChI is InChI=1S/C28H29NO4/c1-19-17-29(18-19)14-15-32-24-12-10-22(11-13-24)28(31)27(21-6-5-7-23(30)16-21)20(2)25-8-3-4-9-26(25)33-28/h3-13,16,19,30-31H,14-15,17-18H2,1-2H3. The normalized spacial score (nSPS) is 20.7. The molecule has 1 atom stereocenters. The summed E-state index contributed by atoms with van der Waals surface area (Å²) >= 11 is 0. The summed E-state index contributed by atoms with van der Waals surface area (Å²) in [5.74, 6) is 0.577. The highest BCUT2D eigenvalue weighted by Crippen LogP contribution is 2.49. The third-order valence-corrected chi connectivity index (χ3v) is 6.46. The molecule has 0 radical (unpaired) electrons.